The summed E-state index contributed by atoms with van der Waals surface area (Å²) >= 11 is 9.81. The van der Waals surface area contributed by atoms with Crippen LogP contribution in [-0.2, 0) is 32.6 Å². The van der Waals surface area contributed by atoms with Gasteiger partial charge in [0, 0.05) is 28.5 Å². The molecule has 0 aliphatic heterocycles. The van der Waals surface area contributed by atoms with Gasteiger partial charge in [0.05, 0.1) is 10.6 Å². The number of carbonyl (C=O) groups is 2. The molecule has 0 spiro atoms. The van der Waals surface area contributed by atoms with Crippen LogP contribution in [0, 0.1) is 13.8 Å². The van der Waals surface area contributed by atoms with Crippen LogP contribution in [0.25, 0.3) is 0 Å². The zero-order valence-corrected chi connectivity index (χ0v) is 28.9. The number of sulfonamides is 1. The van der Waals surface area contributed by atoms with Crippen LogP contribution in [0.2, 0.25) is 5.02 Å². The van der Waals surface area contributed by atoms with Gasteiger partial charge in [-0.1, -0.05) is 93.8 Å². The molecule has 7 nitrogen and oxygen atoms in total. The molecule has 236 valence electrons. The van der Waals surface area contributed by atoms with Crippen molar-refractivity contribution < 1.29 is 18.0 Å². The van der Waals surface area contributed by atoms with Gasteiger partial charge in [0.2, 0.25) is 11.8 Å². The average Bonchev–Trinajstić information content (AvgIpc) is 3.00. The highest BCUT2D eigenvalue weighted by atomic mass is 79.9. The SMILES string of the molecule is Cc1ccc(S(=O)(=O)N(CC(=O)N(Cc2ccc(Br)cc2)C(Cc2ccccc2)C(=O)NC(C)C)c2cc(Cl)ccc2C)cc1. The van der Waals surface area contributed by atoms with Crippen LogP contribution in [0.3, 0.4) is 0 Å². The molecule has 0 aliphatic rings. The monoisotopic (exact) mass is 709 g/mol. The van der Waals surface area contributed by atoms with Gasteiger partial charge in [-0.15, -0.1) is 0 Å². The molecule has 0 radical (unpaired) electrons. The van der Waals surface area contributed by atoms with Crippen LogP contribution in [-0.4, -0.2) is 43.8 Å². The van der Waals surface area contributed by atoms with Gasteiger partial charge in [0.15, 0.2) is 0 Å². The third kappa shape index (κ3) is 8.96. The van der Waals surface area contributed by atoms with Gasteiger partial charge in [-0.2, -0.15) is 0 Å². The summed E-state index contributed by atoms with van der Waals surface area (Å²) in [4.78, 5) is 29.9. The predicted molar refractivity (Wildman–Crippen MR) is 184 cm³/mol. The normalized spacial score (nSPS) is 12.1. The molecule has 0 heterocycles. The number of halogens is 2. The lowest BCUT2D eigenvalue weighted by Gasteiger charge is -2.34. The lowest BCUT2D eigenvalue weighted by molar-refractivity contribution is -0.140. The van der Waals surface area contributed by atoms with Crippen molar-refractivity contribution in [3.63, 3.8) is 0 Å². The molecule has 0 saturated carbocycles. The summed E-state index contributed by atoms with van der Waals surface area (Å²) < 4.78 is 30.4. The van der Waals surface area contributed by atoms with Gasteiger partial charge in [0.25, 0.3) is 10.0 Å². The van der Waals surface area contributed by atoms with Crippen LogP contribution in [0.4, 0.5) is 5.69 Å². The fourth-order valence-electron chi connectivity index (χ4n) is 4.92. The minimum atomic E-state index is -4.22. The first-order chi connectivity index (χ1) is 21.3. The number of aryl methyl sites for hydroxylation is 2. The Morgan fingerprint density at radius 2 is 1.51 bits per heavy atom. The van der Waals surface area contributed by atoms with Gasteiger partial charge >= 0.3 is 0 Å². The van der Waals surface area contributed by atoms with Crippen LogP contribution in [0.5, 0.6) is 0 Å². The van der Waals surface area contributed by atoms with Crippen molar-refractivity contribution >= 4 is 55.1 Å². The zero-order chi connectivity index (χ0) is 32.7. The minimum Gasteiger partial charge on any atom is -0.352 e. The molecule has 4 aromatic rings. The van der Waals surface area contributed by atoms with Crippen molar-refractivity contribution in [1.82, 2.24) is 10.2 Å². The van der Waals surface area contributed by atoms with Crippen molar-refractivity contribution in [2.24, 2.45) is 0 Å². The van der Waals surface area contributed by atoms with E-state index in [1.165, 1.54) is 17.0 Å². The highest BCUT2D eigenvalue weighted by Gasteiger charge is 2.35. The standard InChI is InChI=1S/C35H37BrClN3O4S/c1-24(2)38-35(42)33(20-27-8-6-5-7-9-27)39(22-28-13-15-29(36)16-14-28)34(41)23-40(32-21-30(37)17-12-26(32)4)45(43,44)31-18-10-25(3)11-19-31/h5-19,21,24,33H,20,22-23H2,1-4H3,(H,38,42). The van der Waals surface area contributed by atoms with E-state index in [0.29, 0.717) is 10.6 Å². The van der Waals surface area contributed by atoms with Gasteiger partial charge in [-0.3, -0.25) is 13.9 Å². The molecule has 2 amide bonds. The van der Waals surface area contributed by atoms with Gasteiger partial charge < -0.3 is 10.2 Å². The maximum atomic E-state index is 14.5. The molecule has 4 rings (SSSR count). The summed E-state index contributed by atoms with van der Waals surface area (Å²) in [5, 5.41) is 3.30. The molecule has 0 saturated heterocycles. The van der Waals surface area contributed by atoms with E-state index in [-0.39, 0.29) is 35.5 Å². The Labute approximate surface area is 279 Å². The number of carbonyl (C=O) groups excluding carboxylic acids is 2. The summed E-state index contributed by atoms with van der Waals surface area (Å²) in [5.41, 5.74) is 3.46. The van der Waals surface area contributed by atoms with Crippen LogP contribution in [0.1, 0.15) is 36.1 Å². The molecule has 0 aromatic heterocycles. The Hall–Kier alpha value is -3.66. The second-order valence-corrected chi connectivity index (χ2v) is 14.5. The first kappa shape index (κ1) is 34.2. The van der Waals surface area contributed by atoms with Crippen molar-refractivity contribution in [1.29, 1.82) is 0 Å². The Morgan fingerprint density at radius 3 is 2.13 bits per heavy atom. The summed E-state index contributed by atoms with van der Waals surface area (Å²) in [6.07, 6.45) is 0.239. The quantitative estimate of drug-likeness (QED) is 0.170. The molecular formula is C35H37BrClN3O4S. The van der Waals surface area contributed by atoms with E-state index in [1.807, 2.05) is 75.4 Å². The molecule has 1 atom stereocenters. The van der Waals surface area contributed by atoms with Crippen LogP contribution >= 0.6 is 27.5 Å². The van der Waals surface area contributed by atoms with Crippen molar-refractivity contribution in [2.45, 2.75) is 57.6 Å². The number of nitrogens with one attached hydrogen (secondary N) is 1. The second kappa shape index (κ2) is 15.1. The highest BCUT2D eigenvalue weighted by molar-refractivity contribution is 9.10. The van der Waals surface area contributed by atoms with Gasteiger partial charge in [-0.05, 0) is 80.8 Å². The lowest BCUT2D eigenvalue weighted by Crippen LogP contribution is -2.54. The highest BCUT2D eigenvalue weighted by Crippen LogP contribution is 2.30. The van der Waals surface area contributed by atoms with Crippen molar-refractivity contribution in [2.75, 3.05) is 10.8 Å². The Morgan fingerprint density at radius 1 is 0.867 bits per heavy atom. The van der Waals surface area contributed by atoms with E-state index in [2.05, 4.69) is 21.2 Å². The molecule has 0 aliphatic carbocycles. The number of amides is 2. The smallest absolute Gasteiger partial charge is 0.264 e. The molecule has 0 fully saturated rings. The van der Waals surface area contributed by atoms with Gasteiger partial charge in [-0.25, -0.2) is 8.42 Å². The lowest BCUT2D eigenvalue weighted by atomic mass is 10.0. The maximum Gasteiger partial charge on any atom is 0.264 e. The molecule has 0 bridgehead atoms. The zero-order valence-electron chi connectivity index (χ0n) is 25.7. The number of benzene rings is 4. The minimum absolute atomic E-state index is 0.0399. The number of anilines is 1. The van der Waals surface area contributed by atoms with E-state index < -0.39 is 28.5 Å². The first-order valence-corrected chi connectivity index (χ1v) is 17.2. The number of rotatable bonds is 12. The number of nitrogens with zero attached hydrogens (tertiary/aromatic N) is 2. The predicted octanol–water partition coefficient (Wildman–Crippen LogP) is 7.08. The fraction of sp³-hybridized carbons (Fsp3) is 0.257. The van der Waals surface area contributed by atoms with Crippen LogP contribution < -0.4 is 9.62 Å². The average molecular weight is 711 g/mol. The summed E-state index contributed by atoms with van der Waals surface area (Å²) in [6, 6.07) is 27.2. The van der Waals surface area contributed by atoms with Gasteiger partial charge in [0.1, 0.15) is 12.6 Å². The van der Waals surface area contributed by atoms with Crippen LogP contribution in [0.15, 0.2) is 106 Å². The summed E-state index contributed by atoms with van der Waals surface area (Å²) in [5.74, 6) is -0.862. The Balaban J connectivity index is 1.83. The topological polar surface area (TPSA) is 86.8 Å². The third-order valence-corrected chi connectivity index (χ3v) is 9.83. The molecule has 1 N–H and O–H groups in total. The van der Waals surface area contributed by atoms with E-state index in [4.69, 9.17) is 11.6 Å². The molecule has 4 aromatic carbocycles. The molecule has 10 heteroatoms. The van der Waals surface area contributed by atoms with E-state index >= 15 is 0 Å². The molecule has 1 unspecified atom stereocenters. The largest absolute Gasteiger partial charge is 0.352 e. The van der Waals surface area contributed by atoms with Crippen molar-refractivity contribution in [3.05, 3.63) is 129 Å². The molecule has 45 heavy (non-hydrogen) atoms. The fourth-order valence-corrected chi connectivity index (χ4v) is 6.82. The van der Waals surface area contributed by atoms with Crippen molar-refractivity contribution in [3.8, 4) is 0 Å². The Kier molecular flexibility index (Phi) is 11.5. The van der Waals surface area contributed by atoms with E-state index in [9.17, 15) is 18.0 Å². The first-order valence-electron chi connectivity index (χ1n) is 14.6. The maximum absolute atomic E-state index is 14.5. The van der Waals surface area contributed by atoms with E-state index in [1.54, 1.807) is 37.3 Å². The Bertz CT molecular complexity index is 1730. The number of hydrogen-bond donors (Lipinski definition) is 1. The summed E-state index contributed by atoms with van der Waals surface area (Å²) in [6.45, 7) is 6.89. The van der Waals surface area contributed by atoms with E-state index in [0.717, 1.165) is 25.5 Å². The summed E-state index contributed by atoms with van der Waals surface area (Å²) in [7, 11) is -4.22. The number of hydrogen-bond acceptors (Lipinski definition) is 4. The third-order valence-electron chi connectivity index (χ3n) is 7.30. The molecular weight excluding hydrogens is 674 g/mol. The second-order valence-electron chi connectivity index (χ2n) is 11.3.